The van der Waals surface area contributed by atoms with Crippen LogP contribution in [0.25, 0.3) is 0 Å². The summed E-state index contributed by atoms with van der Waals surface area (Å²) in [6, 6.07) is 9.57. The molecule has 0 unspecified atom stereocenters. The zero-order valence-corrected chi connectivity index (χ0v) is 14.9. The standard InChI is InChI=1S/C17H21BrN2O3/c1-13-5-6-16(15(18)10-13)19-17(21)12-20(7-9-22-2)11-14-4-3-8-23-14/h3-6,8,10H,7,9,11-12H2,1-2H3,(H,19,21). The van der Waals surface area contributed by atoms with Crippen molar-refractivity contribution in [3.05, 3.63) is 52.4 Å². The van der Waals surface area contributed by atoms with Crippen molar-refractivity contribution in [2.45, 2.75) is 13.5 Å². The van der Waals surface area contributed by atoms with E-state index in [1.807, 2.05) is 42.2 Å². The second kappa shape index (κ2) is 8.86. The van der Waals surface area contributed by atoms with Gasteiger partial charge in [0.2, 0.25) is 5.91 Å². The second-order valence-corrected chi connectivity index (χ2v) is 6.17. The Morgan fingerprint density at radius 3 is 2.87 bits per heavy atom. The molecule has 0 spiro atoms. The average molecular weight is 381 g/mol. The Kier molecular flexibility index (Phi) is 6.83. The van der Waals surface area contributed by atoms with Gasteiger partial charge in [-0.3, -0.25) is 9.69 Å². The number of aryl methyl sites for hydroxylation is 1. The minimum atomic E-state index is -0.0720. The molecule has 6 heteroatoms. The first-order valence-corrected chi connectivity index (χ1v) is 8.17. The van der Waals surface area contributed by atoms with Gasteiger partial charge in [0.25, 0.3) is 0 Å². The molecule has 1 amide bonds. The Morgan fingerprint density at radius 1 is 1.39 bits per heavy atom. The largest absolute Gasteiger partial charge is 0.468 e. The van der Waals surface area contributed by atoms with Crippen LogP contribution in [0.1, 0.15) is 11.3 Å². The topological polar surface area (TPSA) is 54.7 Å². The molecule has 0 fully saturated rings. The first-order valence-electron chi connectivity index (χ1n) is 7.38. The summed E-state index contributed by atoms with van der Waals surface area (Å²) in [5.41, 5.74) is 1.90. The Bertz CT molecular complexity index is 629. The third-order valence-corrected chi connectivity index (χ3v) is 3.99. The number of furan rings is 1. The van der Waals surface area contributed by atoms with E-state index in [4.69, 9.17) is 9.15 Å². The molecule has 0 aliphatic heterocycles. The maximum Gasteiger partial charge on any atom is 0.238 e. The molecule has 1 heterocycles. The number of nitrogens with zero attached hydrogens (tertiary/aromatic N) is 1. The number of hydrogen-bond acceptors (Lipinski definition) is 4. The van der Waals surface area contributed by atoms with Gasteiger partial charge in [-0.1, -0.05) is 6.07 Å². The van der Waals surface area contributed by atoms with Gasteiger partial charge < -0.3 is 14.5 Å². The van der Waals surface area contributed by atoms with E-state index in [1.54, 1.807) is 13.4 Å². The molecule has 0 aliphatic carbocycles. The Labute approximate surface area is 144 Å². The van der Waals surface area contributed by atoms with E-state index in [2.05, 4.69) is 21.2 Å². The number of carbonyl (C=O) groups is 1. The van der Waals surface area contributed by atoms with Gasteiger partial charge in [-0.05, 0) is 52.7 Å². The van der Waals surface area contributed by atoms with Gasteiger partial charge in [0.1, 0.15) is 5.76 Å². The summed E-state index contributed by atoms with van der Waals surface area (Å²) < 4.78 is 11.3. The molecular formula is C17H21BrN2O3. The number of rotatable bonds is 8. The van der Waals surface area contributed by atoms with E-state index >= 15 is 0 Å². The number of methoxy groups -OCH3 is 1. The molecule has 0 saturated carbocycles. The van der Waals surface area contributed by atoms with Crippen molar-refractivity contribution >= 4 is 27.5 Å². The van der Waals surface area contributed by atoms with Gasteiger partial charge >= 0.3 is 0 Å². The van der Waals surface area contributed by atoms with Crippen LogP contribution in [-0.2, 0) is 16.1 Å². The van der Waals surface area contributed by atoms with Crippen LogP contribution in [0.5, 0.6) is 0 Å². The number of amides is 1. The van der Waals surface area contributed by atoms with Crippen LogP contribution in [0.15, 0.2) is 45.5 Å². The van der Waals surface area contributed by atoms with Crippen LogP contribution in [-0.4, -0.2) is 37.6 Å². The molecule has 0 bridgehead atoms. The molecule has 0 atom stereocenters. The number of benzene rings is 1. The predicted octanol–water partition coefficient (Wildman–Crippen LogP) is 3.44. The number of carbonyl (C=O) groups excluding carboxylic acids is 1. The molecule has 23 heavy (non-hydrogen) atoms. The highest BCUT2D eigenvalue weighted by molar-refractivity contribution is 9.10. The third-order valence-electron chi connectivity index (χ3n) is 3.34. The lowest BCUT2D eigenvalue weighted by atomic mass is 10.2. The number of halogens is 1. The fourth-order valence-electron chi connectivity index (χ4n) is 2.17. The molecular weight excluding hydrogens is 360 g/mol. The van der Waals surface area contributed by atoms with Crippen molar-refractivity contribution in [1.29, 1.82) is 0 Å². The lowest BCUT2D eigenvalue weighted by Gasteiger charge is -2.20. The molecule has 0 aliphatic rings. The lowest BCUT2D eigenvalue weighted by Crippen LogP contribution is -2.35. The highest BCUT2D eigenvalue weighted by Gasteiger charge is 2.13. The second-order valence-electron chi connectivity index (χ2n) is 5.31. The van der Waals surface area contributed by atoms with Gasteiger partial charge in [0.15, 0.2) is 0 Å². The van der Waals surface area contributed by atoms with Crippen molar-refractivity contribution in [3.63, 3.8) is 0 Å². The summed E-state index contributed by atoms with van der Waals surface area (Å²) in [5, 5.41) is 2.93. The van der Waals surface area contributed by atoms with E-state index < -0.39 is 0 Å². The molecule has 5 nitrogen and oxygen atoms in total. The fourth-order valence-corrected chi connectivity index (χ4v) is 2.76. The highest BCUT2D eigenvalue weighted by atomic mass is 79.9. The maximum atomic E-state index is 12.3. The number of anilines is 1. The van der Waals surface area contributed by atoms with Gasteiger partial charge in [-0.2, -0.15) is 0 Å². The van der Waals surface area contributed by atoms with E-state index in [1.165, 1.54) is 0 Å². The molecule has 1 N–H and O–H groups in total. The summed E-state index contributed by atoms with van der Waals surface area (Å²) >= 11 is 3.47. The lowest BCUT2D eigenvalue weighted by molar-refractivity contribution is -0.117. The first kappa shape index (κ1) is 17.7. The van der Waals surface area contributed by atoms with Crippen LogP contribution < -0.4 is 5.32 Å². The fraction of sp³-hybridized carbons (Fsp3) is 0.353. The van der Waals surface area contributed by atoms with E-state index in [0.29, 0.717) is 19.7 Å². The quantitative estimate of drug-likeness (QED) is 0.761. The third kappa shape index (κ3) is 5.82. The molecule has 0 radical (unpaired) electrons. The minimum Gasteiger partial charge on any atom is -0.468 e. The molecule has 2 aromatic rings. The van der Waals surface area contributed by atoms with Crippen LogP contribution in [0.4, 0.5) is 5.69 Å². The SMILES string of the molecule is COCCN(CC(=O)Nc1ccc(C)cc1Br)Cc1ccco1. The molecule has 1 aromatic heterocycles. The van der Waals surface area contributed by atoms with Crippen molar-refractivity contribution < 1.29 is 13.9 Å². The summed E-state index contributed by atoms with van der Waals surface area (Å²) in [4.78, 5) is 14.3. The summed E-state index contributed by atoms with van der Waals surface area (Å²) in [5.74, 6) is 0.752. The summed E-state index contributed by atoms with van der Waals surface area (Å²) in [6.45, 7) is 4.05. The van der Waals surface area contributed by atoms with Crippen molar-refractivity contribution in [1.82, 2.24) is 4.90 Å². The van der Waals surface area contributed by atoms with Gasteiger partial charge in [0.05, 0.1) is 31.6 Å². The maximum absolute atomic E-state index is 12.3. The van der Waals surface area contributed by atoms with Gasteiger partial charge in [-0.25, -0.2) is 0 Å². The predicted molar refractivity (Wildman–Crippen MR) is 93.4 cm³/mol. The van der Waals surface area contributed by atoms with E-state index in [0.717, 1.165) is 21.5 Å². The highest BCUT2D eigenvalue weighted by Crippen LogP contribution is 2.23. The van der Waals surface area contributed by atoms with Crippen molar-refractivity contribution in [2.75, 3.05) is 32.1 Å². The molecule has 2 rings (SSSR count). The van der Waals surface area contributed by atoms with Crippen LogP contribution >= 0.6 is 15.9 Å². The Hall–Kier alpha value is -1.63. The summed E-state index contributed by atoms with van der Waals surface area (Å²) in [6.07, 6.45) is 1.63. The smallest absolute Gasteiger partial charge is 0.238 e. The van der Waals surface area contributed by atoms with Crippen LogP contribution in [0, 0.1) is 6.92 Å². The molecule has 124 valence electrons. The zero-order valence-electron chi connectivity index (χ0n) is 13.3. The zero-order chi connectivity index (χ0) is 16.7. The van der Waals surface area contributed by atoms with Crippen molar-refractivity contribution in [2.24, 2.45) is 0 Å². The average Bonchev–Trinajstić information content (AvgIpc) is 3.00. The Balaban J connectivity index is 1.95. The van der Waals surface area contributed by atoms with Crippen molar-refractivity contribution in [3.8, 4) is 0 Å². The number of nitrogens with one attached hydrogen (secondary N) is 1. The van der Waals surface area contributed by atoms with Gasteiger partial charge in [-0.15, -0.1) is 0 Å². The minimum absolute atomic E-state index is 0.0720. The Morgan fingerprint density at radius 2 is 2.22 bits per heavy atom. The molecule has 0 saturated heterocycles. The number of hydrogen-bond donors (Lipinski definition) is 1. The number of ether oxygens (including phenoxy) is 1. The van der Waals surface area contributed by atoms with E-state index in [-0.39, 0.29) is 12.5 Å². The normalized spacial score (nSPS) is 11.0. The first-order chi connectivity index (χ1) is 11.1. The summed E-state index contributed by atoms with van der Waals surface area (Å²) in [7, 11) is 1.65. The van der Waals surface area contributed by atoms with E-state index in [9.17, 15) is 4.79 Å². The van der Waals surface area contributed by atoms with Crippen LogP contribution in [0.2, 0.25) is 0 Å². The monoisotopic (exact) mass is 380 g/mol. The van der Waals surface area contributed by atoms with Crippen LogP contribution in [0.3, 0.4) is 0 Å². The van der Waals surface area contributed by atoms with Gasteiger partial charge in [0, 0.05) is 18.1 Å². The molecule has 1 aromatic carbocycles.